The molecule has 2 heterocycles. The van der Waals surface area contributed by atoms with Crippen molar-refractivity contribution in [2.45, 2.75) is 26.3 Å². The molecule has 0 unspecified atom stereocenters. The van der Waals surface area contributed by atoms with Gasteiger partial charge in [0, 0.05) is 36.6 Å². The summed E-state index contributed by atoms with van der Waals surface area (Å²) in [5, 5.41) is 6.94. The Kier molecular flexibility index (Phi) is 4.39. The second-order valence-electron chi connectivity index (χ2n) is 5.03. The van der Waals surface area contributed by atoms with Gasteiger partial charge < -0.3 is 4.90 Å². The zero-order valence-electron chi connectivity index (χ0n) is 11.7. The van der Waals surface area contributed by atoms with E-state index in [1.807, 2.05) is 13.8 Å². The molecule has 0 atom stereocenters. The average molecular weight is 293 g/mol. The molecule has 0 bridgehead atoms. The van der Waals surface area contributed by atoms with Gasteiger partial charge in [-0.3, -0.25) is 9.89 Å². The minimum absolute atomic E-state index is 0.0857. The van der Waals surface area contributed by atoms with Gasteiger partial charge in [-0.15, -0.1) is 0 Å². The lowest BCUT2D eigenvalue weighted by molar-refractivity contribution is 0.0785. The average Bonchev–Trinajstić information content (AvgIpc) is 2.89. The summed E-state index contributed by atoms with van der Waals surface area (Å²) in [6.07, 6.45) is 3.46. The number of aromatic amines is 1. The van der Waals surface area contributed by atoms with Crippen molar-refractivity contribution in [1.82, 2.24) is 20.1 Å². The van der Waals surface area contributed by atoms with Gasteiger partial charge >= 0.3 is 0 Å². The summed E-state index contributed by atoms with van der Waals surface area (Å²) in [5.41, 5.74) is 2.32. The molecular weight excluding hydrogens is 276 g/mol. The predicted molar refractivity (Wildman–Crippen MR) is 77.7 cm³/mol. The van der Waals surface area contributed by atoms with Gasteiger partial charge in [-0.05, 0) is 18.1 Å². The van der Waals surface area contributed by atoms with Crippen LogP contribution < -0.4 is 0 Å². The lowest BCUT2D eigenvalue weighted by Crippen LogP contribution is -2.26. The minimum Gasteiger partial charge on any atom is -0.337 e. The maximum Gasteiger partial charge on any atom is 0.254 e. The van der Waals surface area contributed by atoms with E-state index < -0.39 is 0 Å². The third kappa shape index (κ3) is 3.36. The van der Waals surface area contributed by atoms with E-state index in [-0.39, 0.29) is 11.8 Å². The Morgan fingerprint density at radius 3 is 2.80 bits per heavy atom. The van der Waals surface area contributed by atoms with Crippen molar-refractivity contribution < 1.29 is 4.79 Å². The number of H-pyrrole nitrogens is 1. The van der Waals surface area contributed by atoms with E-state index >= 15 is 0 Å². The lowest BCUT2D eigenvalue weighted by Gasteiger charge is -2.17. The van der Waals surface area contributed by atoms with Crippen LogP contribution in [0.15, 0.2) is 24.5 Å². The zero-order chi connectivity index (χ0) is 14.7. The van der Waals surface area contributed by atoms with Gasteiger partial charge in [0.15, 0.2) is 0 Å². The van der Waals surface area contributed by atoms with Crippen LogP contribution in [0, 0.1) is 0 Å². The number of halogens is 1. The van der Waals surface area contributed by atoms with Crippen molar-refractivity contribution in [2.75, 3.05) is 7.05 Å². The molecule has 1 N–H and O–H groups in total. The molecular formula is C14H17ClN4O. The van der Waals surface area contributed by atoms with Crippen molar-refractivity contribution in [3.05, 3.63) is 46.5 Å². The van der Waals surface area contributed by atoms with E-state index in [9.17, 15) is 4.79 Å². The highest BCUT2D eigenvalue weighted by Gasteiger charge is 2.15. The quantitative estimate of drug-likeness (QED) is 0.882. The van der Waals surface area contributed by atoms with Crippen LogP contribution in [0.2, 0.25) is 5.15 Å². The first-order valence-electron chi connectivity index (χ1n) is 6.38. The van der Waals surface area contributed by atoms with Crippen LogP contribution in [-0.4, -0.2) is 33.0 Å². The summed E-state index contributed by atoms with van der Waals surface area (Å²) in [4.78, 5) is 18.3. The van der Waals surface area contributed by atoms with Crippen LogP contribution in [-0.2, 0) is 6.54 Å². The molecule has 2 aromatic heterocycles. The summed E-state index contributed by atoms with van der Waals surface area (Å²) in [6.45, 7) is 4.52. The molecule has 0 spiro atoms. The van der Waals surface area contributed by atoms with Crippen LogP contribution in [0.1, 0.15) is 41.4 Å². The number of nitrogens with one attached hydrogen (secondary N) is 1. The summed E-state index contributed by atoms with van der Waals surface area (Å²) in [7, 11) is 1.75. The number of pyridine rings is 1. The van der Waals surface area contributed by atoms with E-state index in [1.54, 1.807) is 36.5 Å². The van der Waals surface area contributed by atoms with Gasteiger partial charge in [-0.25, -0.2) is 4.98 Å². The summed E-state index contributed by atoms with van der Waals surface area (Å²) >= 11 is 5.99. The number of rotatable bonds is 4. The Hall–Kier alpha value is -1.88. The highest BCUT2D eigenvalue weighted by molar-refractivity contribution is 6.29. The molecule has 0 aliphatic rings. The van der Waals surface area contributed by atoms with Crippen LogP contribution in [0.25, 0.3) is 0 Å². The number of aromatic nitrogens is 3. The Morgan fingerprint density at radius 2 is 2.20 bits per heavy atom. The van der Waals surface area contributed by atoms with Gasteiger partial charge in [0.2, 0.25) is 0 Å². The van der Waals surface area contributed by atoms with Crippen LogP contribution in [0.3, 0.4) is 0 Å². The molecule has 20 heavy (non-hydrogen) atoms. The largest absolute Gasteiger partial charge is 0.337 e. The van der Waals surface area contributed by atoms with Gasteiger partial charge in [0.25, 0.3) is 5.91 Å². The number of nitrogens with zero attached hydrogens (tertiary/aromatic N) is 3. The van der Waals surface area contributed by atoms with E-state index in [2.05, 4.69) is 15.2 Å². The van der Waals surface area contributed by atoms with E-state index in [0.29, 0.717) is 17.3 Å². The molecule has 2 aromatic rings. The van der Waals surface area contributed by atoms with Gasteiger partial charge in [-0.2, -0.15) is 5.10 Å². The zero-order valence-corrected chi connectivity index (χ0v) is 12.5. The molecule has 5 nitrogen and oxygen atoms in total. The molecule has 0 aromatic carbocycles. The first-order valence-corrected chi connectivity index (χ1v) is 6.75. The molecule has 0 radical (unpaired) electrons. The van der Waals surface area contributed by atoms with Crippen LogP contribution in [0.5, 0.6) is 0 Å². The SMILES string of the molecule is CC(C)c1cc(C(=O)N(C)Cc2cn[nH]c2)cc(Cl)n1. The monoisotopic (exact) mass is 292 g/mol. The Balaban J connectivity index is 2.19. The number of carbonyl (C=O) groups is 1. The molecule has 0 fully saturated rings. The highest BCUT2D eigenvalue weighted by atomic mass is 35.5. The predicted octanol–water partition coefficient (Wildman–Crippen LogP) is 2.85. The third-order valence-corrected chi connectivity index (χ3v) is 3.17. The normalized spacial score (nSPS) is 10.8. The molecule has 6 heteroatoms. The lowest BCUT2D eigenvalue weighted by atomic mass is 10.1. The van der Waals surface area contributed by atoms with Crippen molar-refractivity contribution in [3.63, 3.8) is 0 Å². The Morgan fingerprint density at radius 1 is 1.45 bits per heavy atom. The van der Waals surface area contributed by atoms with Gasteiger partial charge in [-0.1, -0.05) is 25.4 Å². The molecule has 0 aliphatic heterocycles. The van der Waals surface area contributed by atoms with Crippen molar-refractivity contribution >= 4 is 17.5 Å². The van der Waals surface area contributed by atoms with E-state index in [4.69, 9.17) is 11.6 Å². The third-order valence-electron chi connectivity index (χ3n) is 2.97. The molecule has 106 valence electrons. The topological polar surface area (TPSA) is 61.9 Å². The highest BCUT2D eigenvalue weighted by Crippen LogP contribution is 2.19. The summed E-state index contributed by atoms with van der Waals surface area (Å²) in [5.74, 6) is 0.136. The fraction of sp³-hybridized carbons (Fsp3) is 0.357. The Bertz CT molecular complexity index is 595. The maximum atomic E-state index is 12.4. The van der Waals surface area contributed by atoms with Gasteiger partial charge in [0.05, 0.1) is 6.20 Å². The molecule has 0 aliphatic carbocycles. The minimum atomic E-state index is -0.0857. The maximum absolute atomic E-state index is 12.4. The second-order valence-corrected chi connectivity index (χ2v) is 5.41. The number of hydrogen-bond donors (Lipinski definition) is 1. The number of amides is 1. The number of carbonyl (C=O) groups excluding carboxylic acids is 1. The molecule has 2 rings (SSSR count). The van der Waals surface area contributed by atoms with E-state index in [0.717, 1.165) is 11.3 Å². The number of hydrogen-bond acceptors (Lipinski definition) is 3. The summed E-state index contributed by atoms with van der Waals surface area (Å²) in [6, 6.07) is 3.40. The molecule has 0 saturated carbocycles. The fourth-order valence-corrected chi connectivity index (χ4v) is 2.08. The second kappa shape index (κ2) is 6.05. The Labute approximate surface area is 123 Å². The first kappa shape index (κ1) is 14.5. The standard InChI is InChI=1S/C14H17ClN4O/c1-9(2)12-4-11(5-13(15)18-12)14(20)19(3)8-10-6-16-17-7-10/h4-7,9H,8H2,1-3H3,(H,16,17). The van der Waals surface area contributed by atoms with Crippen LogP contribution >= 0.6 is 11.6 Å². The molecule has 0 saturated heterocycles. The van der Waals surface area contributed by atoms with Crippen molar-refractivity contribution in [2.24, 2.45) is 0 Å². The van der Waals surface area contributed by atoms with Crippen molar-refractivity contribution in [1.29, 1.82) is 0 Å². The van der Waals surface area contributed by atoms with Crippen molar-refractivity contribution in [3.8, 4) is 0 Å². The van der Waals surface area contributed by atoms with Gasteiger partial charge in [0.1, 0.15) is 5.15 Å². The van der Waals surface area contributed by atoms with E-state index in [1.165, 1.54) is 0 Å². The summed E-state index contributed by atoms with van der Waals surface area (Å²) < 4.78 is 0. The van der Waals surface area contributed by atoms with Crippen LogP contribution in [0.4, 0.5) is 0 Å². The first-order chi connectivity index (χ1) is 9.47. The fourth-order valence-electron chi connectivity index (χ4n) is 1.87. The molecule has 1 amide bonds. The smallest absolute Gasteiger partial charge is 0.254 e.